The molecule has 0 aliphatic rings. The number of nitrogens with zero attached hydrogens (tertiary/aromatic N) is 1. The number of amides is 1. The first-order valence-corrected chi connectivity index (χ1v) is 5.55. The van der Waals surface area contributed by atoms with Gasteiger partial charge in [0.05, 0.1) is 6.61 Å². The number of aliphatic hydroxyl groups is 1. The number of rotatable bonds is 6. The third-order valence-electron chi connectivity index (χ3n) is 2.20. The van der Waals surface area contributed by atoms with E-state index < -0.39 is 31.8 Å². The zero-order chi connectivity index (χ0) is 14.3. The van der Waals surface area contributed by atoms with Crippen LogP contribution in [0, 0.1) is 0 Å². The Morgan fingerprint density at radius 2 is 1.89 bits per heavy atom. The van der Waals surface area contributed by atoms with Crippen LogP contribution in [0.2, 0.25) is 0 Å². The van der Waals surface area contributed by atoms with E-state index in [0.29, 0.717) is 10.6 Å². The molecule has 7 heteroatoms. The maximum atomic E-state index is 12.2. The van der Waals surface area contributed by atoms with Crippen molar-refractivity contribution >= 4 is 5.91 Å². The van der Waals surface area contributed by atoms with Gasteiger partial charge in [-0.3, -0.25) is 4.79 Å². The van der Waals surface area contributed by atoms with Crippen LogP contribution in [0.4, 0.5) is 13.2 Å². The summed E-state index contributed by atoms with van der Waals surface area (Å²) in [4.78, 5) is 12.1. The van der Waals surface area contributed by atoms with E-state index in [-0.39, 0.29) is 6.54 Å². The number of hydrogen-bond acceptors (Lipinski definition) is 3. The van der Waals surface area contributed by atoms with Crippen LogP contribution in [-0.4, -0.2) is 48.4 Å². The highest BCUT2D eigenvalue weighted by atomic mass is 19.4. The minimum absolute atomic E-state index is 0.378. The number of carbonyl (C=O) groups excluding carboxylic acids is 1. The highest BCUT2D eigenvalue weighted by Crippen LogP contribution is 2.16. The Morgan fingerprint density at radius 1 is 1.26 bits per heavy atom. The molecule has 0 spiro atoms. The van der Waals surface area contributed by atoms with Crippen molar-refractivity contribution in [1.82, 2.24) is 4.90 Å². The van der Waals surface area contributed by atoms with Crippen LogP contribution in [-0.2, 0) is 4.79 Å². The number of hydrogen-bond donors (Lipinski definition) is 1. The number of carbonyl (C=O) groups is 1. The summed E-state index contributed by atoms with van der Waals surface area (Å²) in [5, 5.41) is 8.67. The van der Waals surface area contributed by atoms with Gasteiger partial charge < -0.3 is 14.7 Å². The van der Waals surface area contributed by atoms with E-state index in [2.05, 4.69) is 0 Å². The van der Waals surface area contributed by atoms with Crippen molar-refractivity contribution in [3.05, 3.63) is 30.3 Å². The average molecular weight is 277 g/mol. The molecule has 0 saturated carbocycles. The standard InChI is InChI=1S/C12H14F3NO3/c13-12(14,15)9-16(6-7-17)11(18)8-19-10-4-2-1-3-5-10/h1-5,17H,6-9H2. The maximum absolute atomic E-state index is 12.2. The van der Waals surface area contributed by atoms with E-state index in [1.54, 1.807) is 30.3 Å². The number of ether oxygens (including phenoxy) is 1. The number of alkyl halides is 3. The van der Waals surface area contributed by atoms with Gasteiger partial charge in [-0.25, -0.2) is 0 Å². The fourth-order valence-electron chi connectivity index (χ4n) is 1.38. The van der Waals surface area contributed by atoms with Gasteiger partial charge in [-0.2, -0.15) is 13.2 Å². The van der Waals surface area contributed by atoms with Crippen molar-refractivity contribution in [2.45, 2.75) is 6.18 Å². The molecule has 0 aliphatic carbocycles. The third-order valence-corrected chi connectivity index (χ3v) is 2.20. The van der Waals surface area contributed by atoms with Gasteiger partial charge in [0, 0.05) is 6.54 Å². The zero-order valence-corrected chi connectivity index (χ0v) is 10.1. The molecule has 1 amide bonds. The Balaban J connectivity index is 2.52. The van der Waals surface area contributed by atoms with Crippen molar-refractivity contribution < 1.29 is 27.8 Å². The molecule has 0 heterocycles. The number of halogens is 3. The lowest BCUT2D eigenvalue weighted by atomic mass is 10.3. The van der Waals surface area contributed by atoms with Gasteiger partial charge in [-0.1, -0.05) is 18.2 Å². The second-order valence-corrected chi connectivity index (χ2v) is 3.76. The Labute approximate surface area is 108 Å². The fourth-order valence-corrected chi connectivity index (χ4v) is 1.38. The van der Waals surface area contributed by atoms with E-state index in [0.717, 1.165) is 0 Å². The Bertz CT molecular complexity index is 395. The first-order valence-electron chi connectivity index (χ1n) is 5.55. The monoisotopic (exact) mass is 277 g/mol. The molecule has 19 heavy (non-hydrogen) atoms. The highest BCUT2D eigenvalue weighted by Gasteiger charge is 2.32. The van der Waals surface area contributed by atoms with E-state index in [1.807, 2.05) is 0 Å². The SMILES string of the molecule is O=C(COc1ccccc1)N(CCO)CC(F)(F)F. The van der Waals surface area contributed by atoms with Crippen molar-refractivity contribution in [2.24, 2.45) is 0 Å². The predicted molar refractivity (Wildman–Crippen MR) is 61.7 cm³/mol. The first kappa shape index (κ1) is 15.3. The number of para-hydroxylation sites is 1. The van der Waals surface area contributed by atoms with Crippen LogP contribution in [0.15, 0.2) is 30.3 Å². The summed E-state index contributed by atoms with van der Waals surface area (Å²) in [5.74, 6) is -0.429. The molecule has 106 valence electrons. The Kier molecular flexibility index (Phi) is 5.62. The molecule has 0 radical (unpaired) electrons. The minimum atomic E-state index is -4.50. The zero-order valence-electron chi connectivity index (χ0n) is 10.1. The normalized spacial score (nSPS) is 11.2. The minimum Gasteiger partial charge on any atom is -0.484 e. The van der Waals surface area contributed by atoms with Gasteiger partial charge >= 0.3 is 6.18 Å². The van der Waals surface area contributed by atoms with Gasteiger partial charge in [0.2, 0.25) is 0 Å². The fraction of sp³-hybridized carbons (Fsp3) is 0.417. The van der Waals surface area contributed by atoms with Crippen LogP contribution < -0.4 is 4.74 Å². The summed E-state index contributed by atoms with van der Waals surface area (Å²) in [6.45, 7) is -2.81. The summed E-state index contributed by atoms with van der Waals surface area (Å²) in [6, 6.07) is 8.29. The van der Waals surface area contributed by atoms with Crippen LogP contribution in [0.3, 0.4) is 0 Å². The van der Waals surface area contributed by atoms with Crippen molar-refractivity contribution in [1.29, 1.82) is 0 Å². The summed E-state index contributed by atoms with van der Waals surface area (Å²) < 4.78 is 41.8. The van der Waals surface area contributed by atoms with Gasteiger partial charge in [0.15, 0.2) is 6.61 Å². The molecule has 0 bridgehead atoms. The Hall–Kier alpha value is -1.76. The van der Waals surface area contributed by atoms with E-state index in [9.17, 15) is 18.0 Å². The van der Waals surface area contributed by atoms with Crippen LogP contribution in [0.5, 0.6) is 5.75 Å². The molecule has 0 aliphatic heterocycles. The molecule has 4 nitrogen and oxygen atoms in total. The summed E-state index contributed by atoms with van der Waals surface area (Å²) >= 11 is 0. The molecule has 1 rings (SSSR count). The lowest BCUT2D eigenvalue weighted by Gasteiger charge is -2.23. The van der Waals surface area contributed by atoms with E-state index >= 15 is 0 Å². The molecule has 0 atom stereocenters. The second kappa shape index (κ2) is 6.98. The molecule has 0 fully saturated rings. The first-order chi connectivity index (χ1) is 8.92. The number of aliphatic hydroxyl groups excluding tert-OH is 1. The lowest BCUT2D eigenvalue weighted by molar-refractivity contribution is -0.163. The second-order valence-electron chi connectivity index (χ2n) is 3.76. The largest absolute Gasteiger partial charge is 0.484 e. The predicted octanol–water partition coefficient (Wildman–Crippen LogP) is 1.45. The molecule has 0 aromatic heterocycles. The summed E-state index contributed by atoms with van der Waals surface area (Å²) in [6.07, 6.45) is -4.50. The van der Waals surface area contributed by atoms with Crippen molar-refractivity contribution in [3.8, 4) is 5.75 Å². The van der Waals surface area contributed by atoms with Crippen molar-refractivity contribution in [2.75, 3.05) is 26.3 Å². The van der Waals surface area contributed by atoms with Crippen LogP contribution >= 0.6 is 0 Å². The Morgan fingerprint density at radius 3 is 2.42 bits per heavy atom. The van der Waals surface area contributed by atoms with Gasteiger partial charge in [-0.15, -0.1) is 0 Å². The molecule has 1 N–H and O–H groups in total. The highest BCUT2D eigenvalue weighted by molar-refractivity contribution is 5.77. The van der Waals surface area contributed by atoms with E-state index in [4.69, 9.17) is 9.84 Å². The van der Waals surface area contributed by atoms with E-state index in [1.165, 1.54) is 0 Å². The topological polar surface area (TPSA) is 49.8 Å². The lowest BCUT2D eigenvalue weighted by Crippen LogP contribution is -2.42. The quantitative estimate of drug-likeness (QED) is 0.856. The van der Waals surface area contributed by atoms with Crippen LogP contribution in [0.25, 0.3) is 0 Å². The summed E-state index contributed by atoms with van der Waals surface area (Å²) in [7, 11) is 0. The molecule has 1 aromatic carbocycles. The molecule has 1 aromatic rings. The van der Waals surface area contributed by atoms with Crippen LogP contribution in [0.1, 0.15) is 0 Å². The average Bonchev–Trinajstić information content (AvgIpc) is 2.35. The van der Waals surface area contributed by atoms with Gasteiger partial charge in [0.25, 0.3) is 5.91 Å². The maximum Gasteiger partial charge on any atom is 0.406 e. The molecular formula is C12H14F3NO3. The van der Waals surface area contributed by atoms with Crippen molar-refractivity contribution in [3.63, 3.8) is 0 Å². The molecule has 0 unspecified atom stereocenters. The number of benzene rings is 1. The third kappa shape index (κ3) is 6.10. The molecular weight excluding hydrogens is 263 g/mol. The van der Waals surface area contributed by atoms with Gasteiger partial charge in [0.1, 0.15) is 12.3 Å². The van der Waals surface area contributed by atoms with Gasteiger partial charge in [-0.05, 0) is 12.1 Å². The smallest absolute Gasteiger partial charge is 0.406 e. The summed E-state index contributed by atoms with van der Waals surface area (Å²) in [5.41, 5.74) is 0. The molecule has 0 saturated heterocycles.